The average Bonchev–Trinajstić information content (AvgIpc) is 2.67. The molecule has 10 nitrogen and oxygen atoms in total. The minimum atomic E-state index is -0.527. The van der Waals surface area contributed by atoms with Gasteiger partial charge in [-0.2, -0.15) is 4.98 Å². The zero-order chi connectivity index (χ0) is 20.3. The van der Waals surface area contributed by atoms with Crippen molar-refractivity contribution in [3.8, 4) is 0 Å². The van der Waals surface area contributed by atoms with E-state index in [0.29, 0.717) is 11.4 Å². The third-order valence-electron chi connectivity index (χ3n) is 4.00. The third kappa shape index (κ3) is 3.85. The van der Waals surface area contributed by atoms with Crippen molar-refractivity contribution in [1.29, 1.82) is 0 Å². The van der Waals surface area contributed by atoms with Crippen LogP contribution < -0.4 is 10.2 Å². The lowest BCUT2D eigenvalue weighted by molar-refractivity contribution is -0.385. The molecule has 0 aliphatic rings. The molecule has 0 aliphatic heterocycles. The monoisotopic (exact) mass is 380 g/mol. The van der Waals surface area contributed by atoms with Crippen LogP contribution in [-0.2, 0) is 0 Å². The molecule has 0 saturated heterocycles. The van der Waals surface area contributed by atoms with E-state index in [1.807, 2.05) is 18.2 Å². The maximum absolute atomic E-state index is 11.6. The Kier molecular flexibility index (Phi) is 5.12. The highest BCUT2D eigenvalue weighted by molar-refractivity contribution is 5.71. The number of hydrogen-bond acceptors (Lipinski definition) is 8. The summed E-state index contributed by atoms with van der Waals surface area (Å²) in [5.41, 5.74) is 0.979. The molecule has 0 unspecified atom stereocenters. The first-order chi connectivity index (χ1) is 13.4. The topological polar surface area (TPSA) is 127 Å². The Hall–Kier alpha value is -4.08. The maximum atomic E-state index is 11.6. The Balaban J connectivity index is 2.04. The highest BCUT2D eigenvalue weighted by Gasteiger charge is 2.25. The number of aryl methyl sites for hydroxylation is 1. The van der Waals surface area contributed by atoms with Gasteiger partial charge in [-0.25, -0.2) is 4.98 Å². The molecule has 0 amide bonds. The standard InChI is InChI=1S/C18H16N6O4/c1-12-16(24(27)28)17(22(2)14-8-4-3-5-9-14)21-18(19-12)20-13-7-6-10-15(11-13)23(25)26/h3-11H,1-2H3,(H,19,20,21). The predicted octanol–water partition coefficient (Wildman–Crippen LogP) is 4.11. The molecular formula is C18H16N6O4. The lowest BCUT2D eigenvalue weighted by atomic mass is 10.2. The van der Waals surface area contributed by atoms with E-state index in [-0.39, 0.29) is 28.8 Å². The molecule has 3 aromatic rings. The number of nitrogens with one attached hydrogen (secondary N) is 1. The number of nitrogens with zero attached hydrogens (tertiary/aromatic N) is 5. The molecule has 1 aromatic heterocycles. The van der Waals surface area contributed by atoms with Gasteiger partial charge in [0.05, 0.1) is 9.85 Å². The van der Waals surface area contributed by atoms with Gasteiger partial charge in [0.15, 0.2) is 0 Å². The summed E-state index contributed by atoms with van der Waals surface area (Å²) >= 11 is 0. The second-order valence-electron chi connectivity index (χ2n) is 5.89. The fourth-order valence-corrected chi connectivity index (χ4v) is 2.66. The fourth-order valence-electron chi connectivity index (χ4n) is 2.66. The number of benzene rings is 2. The van der Waals surface area contributed by atoms with Gasteiger partial charge < -0.3 is 10.2 Å². The summed E-state index contributed by atoms with van der Waals surface area (Å²) in [6.07, 6.45) is 0. The summed E-state index contributed by atoms with van der Waals surface area (Å²) in [7, 11) is 1.67. The summed E-state index contributed by atoms with van der Waals surface area (Å²) in [5.74, 6) is 0.206. The zero-order valence-corrected chi connectivity index (χ0v) is 15.1. The number of para-hydroxylation sites is 1. The molecule has 0 atom stereocenters. The first-order valence-corrected chi connectivity index (χ1v) is 8.20. The van der Waals surface area contributed by atoms with Crippen LogP contribution in [0.5, 0.6) is 0 Å². The zero-order valence-electron chi connectivity index (χ0n) is 15.1. The van der Waals surface area contributed by atoms with Gasteiger partial charge >= 0.3 is 5.69 Å². The SMILES string of the molecule is Cc1nc(Nc2cccc([N+](=O)[O-])c2)nc(N(C)c2ccccc2)c1[N+](=O)[O-]. The van der Waals surface area contributed by atoms with Crippen molar-refractivity contribution in [3.05, 3.63) is 80.5 Å². The van der Waals surface area contributed by atoms with Crippen LogP contribution in [0, 0.1) is 27.2 Å². The van der Waals surface area contributed by atoms with Crippen molar-refractivity contribution in [1.82, 2.24) is 9.97 Å². The second-order valence-corrected chi connectivity index (χ2v) is 5.89. The van der Waals surface area contributed by atoms with E-state index >= 15 is 0 Å². The van der Waals surface area contributed by atoms with E-state index in [2.05, 4.69) is 15.3 Å². The summed E-state index contributed by atoms with van der Waals surface area (Å²) in [4.78, 5) is 31.5. The number of anilines is 4. The molecule has 0 bridgehead atoms. The highest BCUT2D eigenvalue weighted by Crippen LogP contribution is 2.34. The van der Waals surface area contributed by atoms with Crippen LogP contribution in [0.3, 0.4) is 0 Å². The number of hydrogen-bond donors (Lipinski definition) is 1. The van der Waals surface area contributed by atoms with Gasteiger partial charge in [0, 0.05) is 30.6 Å². The van der Waals surface area contributed by atoms with Gasteiger partial charge in [0.1, 0.15) is 5.69 Å². The molecule has 0 saturated carbocycles. The van der Waals surface area contributed by atoms with Crippen LogP contribution in [-0.4, -0.2) is 26.9 Å². The first kappa shape index (κ1) is 18.7. The molecule has 10 heteroatoms. The smallest absolute Gasteiger partial charge is 0.324 e. The third-order valence-corrected chi connectivity index (χ3v) is 4.00. The Bertz CT molecular complexity index is 1040. The molecule has 0 spiro atoms. The minimum Gasteiger partial charge on any atom is -0.324 e. The van der Waals surface area contributed by atoms with Crippen LogP contribution in [0.2, 0.25) is 0 Å². The van der Waals surface area contributed by atoms with Gasteiger partial charge in [-0.15, -0.1) is 0 Å². The fraction of sp³-hybridized carbons (Fsp3) is 0.111. The van der Waals surface area contributed by atoms with Gasteiger partial charge in [-0.3, -0.25) is 20.2 Å². The maximum Gasteiger partial charge on any atom is 0.333 e. The Morgan fingerprint density at radius 3 is 2.32 bits per heavy atom. The second kappa shape index (κ2) is 7.66. The van der Waals surface area contributed by atoms with Crippen molar-refractivity contribution in [2.24, 2.45) is 0 Å². The summed E-state index contributed by atoms with van der Waals surface area (Å²) in [6, 6.07) is 14.9. The van der Waals surface area contributed by atoms with E-state index < -0.39 is 9.85 Å². The number of rotatable bonds is 6. The van der Waals surface area contributed by atoms with Crippen molar-refractivity contribution < 1.29 is 9.85 Å². The molecule has 3 rings (SSSR count). The predicted molar refractivity (Wildman–Crippen MR) is 104 cm³/mol. The lowest BCUT2D eigenvalue weighted by Gasteiger charge is -2.19. The lowest BCUT2D eigenvalue weighted by Crippen LogP contribution is -2.16. The van der Waals surface area contributed by atoms with E-state index in [9.17, 15) is 20.2 Å². The van der Waals surface area contributed by atoms with Crippen LogP contribution in [0.15, 0.2) is 54.6 Å². The molecule has 1 N–H and O–H groups in total. The number of nitro groups is 2. The average molecular weight is 380 g/mol. The van der Waals surface area contributed by atoms with Crippen LogP contribution in [0.25, 0.3) is 0 Å². The van der Waals surface area contributed by atoms with Gasteiger partial charge in [-0.05, 0) is 25.1 Å². The van der Waals surface area contributed by atoms with Crippen LogP contribution in [0.4, 0.5) is 34.5 Å². The molecule has 0 radical (unpaired) electrons. The van der Waals surface area contributed by atoms with Gasteiger partial charge in [-0.1, -0.05) is 24.3 Å². The normalized spacial score (nSPS) is 10.4. The first-order valence-electron chi connectivity index (χ1n) is 8.20. The number of nitro benzene ring substituents is 1. The largest absolute Gasteiger partial charge is 0.333 e. The summed E-state index contributed by atoms with van der Waals surface area (Å²) < 4.78 is 0. The van der Waals surface area contributed by atoms with E-state index in [1.165, 1.54) is 25.1 Å². The van der Waals surface area contributed by atoms with E-state index in [1.54, 1.807) is 30.1 Å². The molecule has 142 valence electrons. The highest BCUT2D eigenvalue weighted by atomic mass is 16.6. The number of non-ortho nitro benzene ring substituents is 1. The molecule has 1 heterocycles. The van der Waals surface area contributed by atoms with Crippen LogP contribution >= 0.6 is 0 Å². The van der Waals surface area contributed by atoms with Crippen molar-refractivity contribution in [2.75, 3.05) is 17.3 Å². The van der Waals surface area contributed by atoms with E-state index in [0.717, 1.165) is 0 Å². The van der Waals surface area contributed by atoms with E-state index in [4.69, 9.17) is 0 Å². The molecular weight excluding hydrogens is 364 g/mol. The Morgan fingerprint density at radius 2 is 1.68 bits per heavy atom. The Morgan fingerprint density at radius 1 is 0.964 bits per heavy atom. The summed E-state index contributed by atoms with van der Waals surface area (Å²) in [5, 5.41) is 25.4. The molecule has 0 aliphatic carbocycles. The Labute approximate surface area is 159 Å². The molecule has 28 heavy (non-hydrogen) atoms. The van der Waals surface area contributed by atoms with Gasteiger partial charge in [0.25, 0.3) is 5.69 Å². The molecule has 0 fully saturated rings. The van der Waals surface area contributed by atoms with Crippen LogP contribution in [0.1, 0.15) is 5.69 Å². The quantitative estimate of drug-likeness (QED) is 0.500. The molecule has 2 aromatic carbocycles. The summed E-state index contributed by atoms with van der Waals surface area (Å²) in [6.45, 7) is 1.51. The minimum absolute atomic E-state index is 0.0924. The van der Waals surface area contributed by atoms with Crippen molar-refractivity contribution in [3.63, 3.8) is 0 Å². The van der Waals surface area contributed by atoms with Gasteiger partial charge in [0.2, 0.25) is 11.8 Å². The van der Waals surface area contributed by atoms with Crippen molar-refractivity contribution >= 4 is 34.5 Å². The van der Waals surface area contributed by atoms with Crippen molar-refractivity contribution in [2.45, 2.75) is 6.92 Å². The number of aromatic nitrogens is 2.